The summed E-state index contributed by atoms with van der Waals surface area (Å²) < 4.78 is 0. The Morgan fingerprint density at radius 1 is 1.30 bits per heavy atom. The Balaban J connectivity index is 3.30. The van der Waals surface area contributed by atoms with Crippen molar-refractivity contribution >= 4 is 29.4 Å². The molecule has 0 saturated carbocycles. The molecule has 1 aromatic heterocycles. The van der Waals surface area contributed by atoms with Crippen LogP contribution in [0, 0.1) is 5.41 Å². The van der Waals surface area contributed by atoms with E-state index in [2.05, 4.69) is 9.97 Å². The number of halogens is 2. The molecule has 0 aromatic carbocycles. The number of nitrogens with one attached hydrogen (secondary N) is 1. The molecular weight excluding hydrogens is 173 g/mol. The van der Waals surface area contributed by atoms with E-state index in [1.807, 2.05) is 0 Å². The van der Waals surface area contributed by atoms with Crippen molar-refractivity contribution in [2.45, 2.75) is 0 Å². The summed E-state index contributed by atoms with van der Waals surface area (Å²) in [5, 5.41) is 7.26. The van der Waals surface area contributed by atoms with Gasteiger partial charge in [0.05, 0.1) is 5.56 Å². The SMILES string of the molecule is N=Cc1c(Cl)ncnc1Cl. The van der Waals surface area contributed by atoms with Crippen LogP contribution in [-0.4, -0.2) is 16.2 Å². The van der Waals surface area contributed by atoms with E-state index < -0.39 is 0 Å². The van der Waals surface area contributed by atoms with Crippen LogP contribution in [0.5, 0.6) is 0 Å². The molecule has 0 amide bonds. The van der Waals surface area contributed by atoms with Gasteiger partial charge in [0.25, 0.3) is 0 Å². The maximum atomic E-state index is 6.85. The van der Waals surface area contributed by atoms with E-state index in [-0.39, 0.29) is 10.3 Å². The molecule has 0 aliphatic rings. The van der Waals surface area contributed by atoms with Gasteiger partial charge in [-0.25, -0.2) is 9.97 Å². The van der Waals surface area contributed by atoms with E-state index >= 15 is 0 Å². The molecule has 1 heterocycles. The fourth-order valence-corrected chi connectivity index (χ4v) is 0.897. The lowest BCUT2D eigenvalue weighted by atomic mass is 10.4. The van der Waals surface area contributed by atoms with Crippen molar-refractivity contribution in [1.29, 1.82) is 5.41 Å². The number of rotatable bonds is 1. The fraction of sp³-hybridized carbons (Fsp3) is 0. The molecular formula is C5H3Cl2N3. The molecule has 10 heavy (non-hydrogen) atoms. The van der Waals surface area contributed by atoms with Gasteiger partial charge in [0.1, 0.15) is 16.6 Å². The Labute approximate surface area is 67.5 Å². The second-order valence-corrected chi connectivity index (χ2v) is 2.23. The van der Waals surface area contributed by atoms with Gasteiger partial charge in [0.15, 0.2) is 0 Å². The van der Waals surface area contributed by atoms with Gasteiger partial charge in [-0.2, -0.15) is 0 Å². The molecule has 52 valence electrons. The maximum Gasteiger partial charge on any atom is 0.142 e. The van der Waals surface area contributed by atoms with Gasteiger partial charge in [-0.15, -0.1) is 0 Å². The lowest BCUT2D eigenvalue weighted by Crippen LogP contribution is -1.89. The molecule has 3 nitrogen and oxygen atoms in total. The quantitative estimate of drug-likeness (QED) is 0.523. The van der Waals surface area contributed by atoms with Crippen molar-refractivity contribution in [2.75, 3.05) is 0 Å². The lowest BCUT2D eigenvalue weighted by Gasteiger charge is -1.95. The Bertz CT molecular complexity index is 241. The van der Waals surface area contributed by atoms with E-state index in [0.29, 0.717) is 5.56 Å². The minimum absolute atomic E-state index is 0.204. The molecule has 0 atom stereocenters. The number of hydrogen-bond donors (Lipinski definition) is 1. The first-order valence-electron chi connectivity index (χ1n) is 2.42. The monoisotopic (exact) mass is 175 g/mol. The van der Waals surface area contributed by atoms with Crippen molar-refractivity contribution in [1.82, 2.24) is 9.97 Å². The molecule has 1 rings (SSSR count). The number of nitrogens with zero attached hydrogens (tertiary/aromatic N) is 2. The zero-order chi connectivity index (χ0) is 7.56. The van der Waals surface area contributed by atoms with Crippen molar-refractivity contribution in [2.24, 2.45) is 0 Å². The Kier molecular flexibility index (Phi) is 2.19. The average molecular weight is 176 g/mol. The van der Waals surface area contributed by atoms with Crippen LogP contribution in [0.3, 0.4) is 0 Å². The van der Waals surface area contributed by atoms with Crippen LogP contribution in [0.2, 0.25) is 10.3 Å². The molecule has 0 saturated heterocycles. The average Bonchev–Trinajstić information content (AvgIpc) is 1.88. The molecule has 0 spiro atoms. The summed E-state index contributed by atoms with van der Waals surface area (Å²) >= 11 is 11.1. The largest absolute Gasteiger partial charge is 0.308 e. The zero-order valence-corrected chi connectivity index (χ0v) is 6.32. The molecule has 0 bridgehead atoms. The third kappa shape index (κ3) is 1.25. The van der Waals surface area contributed by atoms with Crippen LogP contribution >= 0.6 is 23.2 Å². The molecule has 0 unspecified atom stereocenters. The van der Waals surface area contributed by atoms with Crippen molar-refractivity contribution < 1.29 is 0 Å². The molecule has 0 fully saturated rings. The molecule has 0 aliphatic heterocycles. The highest BCUT2D eigenvalue weighted by Gasteiger charge is 2.02. The third-order valence-corrected chi connectivity index (χ3v) is 1.53. The second-order valence-electron chi connectivity index (χ2n) is 1.51. The predicted molar refractivity (Wildman–Crippen MR) is 39.9 cm³/mol. The first kappa shape index (κ1) is 7.44. The standard InChI is InChI=1S/C5H3Cl2N3/c6-4-3(1-8)5(7)10-2-9-4/h1-2,8H. The Morgan fingerprint density at radius 3 is 2.10 bits per heavy atom. The summed E-state index contributed by atoms with van der Waals surface area (Å²) in [6.07, 6.45) is 2.27. The first-order chi connectivity index (χ1) is 4.75. The second kappa shape index (κ2) is 2.94. The van der Waals surface area contributed by atoms with E-state index in [1.165, 1.54) is 6.33 Å². The van der Waals surface area contributed by atoms with Crippen molar-refractivity contribution in [3.8, 4) is 0 Å². The van der Waals surface area contributed by atoms with Crippen LogP contribution in [0.1, 0.15) is 5.56 Å². The van der Waals surface area contributed by atoms with Crippen molar-refractivity contribution in [3.05, 3.63) is 22.2 Å². The minimum atomic E-state index is 0.204. The molecule has 1 aromatic rings. The fourth-order valence-electron chi connectivity index (χ4n) is 0.474. The Morgan fingerprint density at radius 2 is 1.80 bits per heavy atom. The summed E-state index contributed by atoms with van der Waals surface area (Å²) in [6.45, 7) is 0. The topological polar surface area (TPSA) is 49.6 Å². The van der Waals surface area contributed by atoms with Crippen LogP contribution in [0.25, 0.3) is 0 Å². The van der Waals surface area contributed by atoms with E-state index in [1.54, 1.807) is 0 Å². The summed E-state index contributed by atoms with van der Waals surface area (Å²) in [7, 11) is 0. The van der Waals surface area contributed by atoms with Crippen molar-refractivity contribution in [3.63, 3.8) is 0 Å². The van der Waals surface area contributed by atoms with Gasteiger partial charge in [-0.3, -0.25) is 0 Å². The van der Waals surface area contributed by atoms with Gasteiger partial charge < -0.3 is 5.41 Å². The number of hydrogen-bond acceptors (Lipinski definition) is 3. The molecule has 1 N–H and O–H groups in total. The highest BCUT2D eigenvalue weighted by atomic mass is 35.5. The molecule has 0 radical (unpaired) electrons. The summed E-state index contributed by atoms with van der Waals surface area (Å²) in [5.41, 5.74) is 0.353. The Hall–Kier alpha value is -0.670. The zero-order valence-electron chi connectivity index (χ0n) is 4.81. The molecule has 5 heteroatoms. The van der Waals surface area contributed by atoms with Gasteiger partial charge in [-0.05, 0) is 0 Å². The van der Waals surface area contributed by atoms with Crippen LogP contribution in [0.4, 0.5) is 0 Å². The predicted octanol–water partition coefficient (Wildman–Crippen LogP) is 1.78. The smallest absolute Gasteiger partial charge is 0.142 e. The minimum Gasteiger partial charge on any atom is -0.308 e. The summed E-state index contributed by atoms with van der Waals surface area (Å²) in [4.78, 5) is 7.26. The maximum absolute atomic E-state index is 6.85. The van der Waals surface area contributed by atoms with Crippen LogP contribution < -0.4 is 0 Å². The highest BCUT2D eigenvalue weighted by Crippen LogP contribution is 2.16. The van der Waals surface area contributed by atoms with E-state index in [0.717, 1.165) is 6.21 Å². The lowest BCUT2D eigenvalue weighted by molar-refractivity contribution is 1.16. The van der Waals surface area contributed by atoms with Crippen LogP contribution in [-0.2, 0) is 0 Å². The third-order valence-electron chi connectivity index (χ3n) is 0.931. The summed E-state index contributed by atoms with van der Waals surface area (Å²) in [5.74, 6) is 0. The van der Waals surface area contributed by atoms with Gasteiger partial charge in [0, 0.05) is 6.21 Å². The molecule has 0 aliphatic carbocycles. The highest BCUT2D eigenvalue weighted by molar-refractivity contribution is 6.37. The van der Waals surface area contributed by atoms with Gasteiger partial charge in [-0.1, -0.05) is 23.2 Å². The normalized spacial score (nSPS) is 9.40. The summed E-state index contributed by atoms with van der Waals surface area (Å²) in [6, 6.07) is 0. The van der Waals surface area contributed by atoms with Gasteiger partial charge in [0.2, 0.25) is 0 Å². The number of aromatic nitrogens is 2. The van der Waals surface area contributed by atoms with E-state index in [9.17, 15) is 0 Å². The van der Waals surface area contributed by atoms with Gasteiger partial charge >= 0.3 is 0 Å². The van der Waals surface area contributed by atoms with E-state index in [4.69, 9.17) is 28.6 Å². The van der Waals surface area contributed by atoms with Crippen LogP contribution in [0.15, 0.2) is 6.33 Å². The first-order valence-corrected chi connectivity index (χ1v) is 3.17.